The van der Waals surface area contributed by atoms with Crippen molar-refractivity contribution in [2.45, 2.75) is 46.6 Å². The summed E-state index contributed by atoms with van der Waals surface area (Å²) in [6.45, 7) is 8.20. The van der Waals surface area contributed by atoms with Crippen molar-refractivity contribution >= 4 is 21.8 Å². The molecule has 0 bridgehead atoms. The van der Waals surface area contributed by atoms with E-state index in [2.05, 4.69) is 4.72 Å². The maximum Gasteiger partial charge on any atom is 0.279 e. The molecule has 104 valence electrons. The Kier molecular flexibility index (Phi) is 6.99. The minimum absolute atomic E-state index is 0.0431. The van der Waals surface area contributed by atoms with E-state index in [4.69, 9.17) is 11.6 Å². The average molecular weight is 285 g/mol. The van der Waals surface area contributed by atoms with E-state index in [0.29, 0.717) is 12.4 Å². The summed E-state index contributed by atoms with van der Waals surface area (Å²) in [6.07, 6.45) is 1.81. The Hall–Kier alpha value is 0.160. The quantitative estimate of drug-likeness (QED) is 0.695. The van der Waals surface area contributed by atoms with Gasteiger partial charge in [0.25, 0.3) is 10.2 Å². The van der Waals surface area contributed by atoms with Crippen molar-refractivity contribution in [3.05, 3.63) is 0 Å². The van der Waals surface area contributed by atoms with Gasteiger partial charge in [0.2, 0.25) is 0 Å². The molecule has 0 radical (unpaired) electrons. The van der Waals surface area contributed by atoms with Crippen molar-refractivity contribution in [2.75, 3.05) is 19.5 Å². The van der Waals surface area contributed by atoms with Gasteiger partial charge in [0, 0.05) is 25.5 Å². The molecule has 1 N–H and O–H groups in total. The zero-order valence-electron chi connectivity index (χ0n) is 11.5. The van der Waals surface area contributed by atoms with Crippen LogP contribution < -0.4 is 4.72 Å². The topological polar surface area (TPSA) is 49.4 Å². The molecular formula is C11H25ClN2O2S. The number of halogens is 1. The first kappa shape index (κ1) is 17.2. The van der Waals surface area contributed by atoms with Crippen LogP contribution in [-0.4, -0.2) is 38.2 Å². The van der Waals surface area contributed by atoms with Gasteiger partial charge in [-0.3, -0.25) is 0 Å². The van der Waals surface area contributed by atoms with Gasteiger partial charge in [-0.05, 0) is 32.1 Å². The second-order valence-electron chi connectivity index (χ2n) is 5.39. The smallest absolute Gasteiger partial charge is 0.202 e. The van der Waals surface area contributed by atoms with Crippen LogP contribution in [0, 0.1) is 5.41 Å². The van der Waals surface area contributed by atoms with E-state index in [0.717, 1.165) is 12.8 Å². The number of rotatable bonds is 8. The molecule has 0 aromatic rings. The Morgan fingerprint density at radius 2 is 1.88 bits per heavy atom. The van der Waals surface area contributed by atoms with Crippen molar-refractivity contribution in [2.24, 2.45) is 5.41 Å². The van der Waals surface area contributed by atoms with Crippen LogP contribution in [0.1, 0.15) is 40.5 Å². The molecule has 4 nitrogen and oxygen atoms in total. The number of nitrogens with one attached hydrogen (secondary N) is 1. The molecule has 0 fully saturated rings. The van der Waals surface area contributed by atoms with Gasteiger partial charge in [0.05, 0.1) is 0 Å². The summed E-state index contributed by atoms with van der Waals surface area (Å²) in [4.78, 5) is 0. The van der Waals surface area contributed by atoms with Gasteiger partial charge in [-0.15, -0.1) is 11.6 Å². The Balaban J connectivity index is 4.36. The van der Waals surface area contributed by atoms with Crippen LogP contribution in [0.25, 0.3) is 0 Å². The fraction of sp³-hybridized carbons (Fsp3) is 1.00. The summed E-state index contributed by atoms with van der Waals surface area (Å²) in [5.74, 6) is 0.613. The van der Waals surface area contributed by atoms with Gasteiger partial charge >= 0.3 is 0 Å². The van der Waals surface area contributed by atoms with Crippen molar-refractivity contribution in [1.29, 1.82) is 0 Å². The van der Waals surface area contributed by atoms with Crippen molar-refractivity contribution in [3.8, 4) is 0 Å². The molecule has 0 heterocycles. The van der Waals surface area contributed by atoms with E-state index in [1.165, 1.54) is 4.31 Å². The second-order valence-corrected chi connectivity index (χ2v) is 7.59. The first-order valence-corrected chi connectivity index (χ1v) is 7.88. The zero-order valence-corrected chi connectivity index (χ0v) is 13.0. The number of nitrogens with zero attached hydrogens (tertiary/aromatic N) is 1. The molecule has 0 aliphatic heterocycles. The van der Waals surface area contributed by atoms with Crippen molar-refractivity contribution < 1.29 is 8.42 Å². The van der Waals surface area contributed by atoms with Crippen LogP contribution in [0.4, 0.5) is 0 Å². The fourth-order valence-electron chi connectivity index (χ4n) is 1.30. The van der Waals surface area contributed by atoms with Crippen molar-refractivity contribution in [1.82, 2.24) is 9.03 Å². The van der Waals surface area contributed by atoms with E-state index in [-0.39, 0.29) is 11.5 Å². The summed E-state index contributed by atoms with van der Waals surface area (Å²) in [6, 6.07) is -0.0431. The molecule has 0 rings (SSSR count). The molecule has 0 aromatic carbocycles. The fourth-order valence-corrected chi connectivity index (χ4v) is 2.77. The van der Waals surface area contributed by atoms with Gasteiger partial charge in [-0.1, -0.05) is 13.8 Å². The van der Waals surface area contributed by atoms with Crippen LogP contribution in [0.5, 0.6) is 0 Å². The van der Waals surface area contributed by atoms with Crippen LogP contribution in [0.3, 0.4) is 0 Å². The van der Waals surface area contributed by atoms with E-state index >= 15 is 0 Å². The summed E-state index contributed by atoms with van der Waals surface area (Å²) >= 11 is 5.64. The molecule has 0 amide bonds. The van der Waals surface area contributed by atoms with Gasteiger partial charge in [-0.25, -0.2) is 4.72 Å². The number of hydrogen-bond acceptors (Lipinski definition) is 2. The highest BCUT2D eigenvalue weighted by molar-refractivity contribution is 7.87. The minimum atomic E-state index is -3.37. The van der Waals surface area contributed by atoms with Gasteiger partial charge in [0.1, 0.15) is 0 Å². The van der Waals surface area contributed by atoms with Crippen LogP contribution >= 0.6 is 11.6 Å². The SMILES string of the molecule is CC(C)N(C)S(=O)(=O)NCC(C)(C)CCCCl. The zero-order chi connectivity index (χ0) is 13.7. The lowest BCUT2D eigenvalue weighted by molar-refractivity contribution is 0.322. The van der Waals surface area contributed by atoms with E-state index in [1.807, 2.05) is 27.7 Å². The lowest BCUT2D eigenvalue weighted by Crippen LogP contribution is -2.45. The summed E-state index contributed by atoms with van der Waals surface area (Å²) in [5.41, 5.74) is -0.0697. The molecule has 0 aliphatic carbocycles. The second kappa shape index (κ2) is 6.92. The molecule has 0 aliphatic rings. The Morgan fingerprint density at radius 3 is 2.29 bits per heavy atom. The largest absolute Gasteiger partial charge is 0.279 e. The molecule has 0 saturated carbocycles. The van der Waals surface area contributed by atoms with Gasteiger partial charge in [-0.2, -0.15) is 12.7 Å². The molecule has 6 heteroatoms. The lowest BCUT2D eigenvalue weighted by atomic mass is 9.88. The predicted octanol–water partition coefficient (Wildman–Crippen LogP) is 2.21. The summed E-state index contributed by atoms with van der Waals surface area (Å²) in [7, 11) is -1.79. The molecular weight excluding hydrogens is 260 g/mol. The van der Waals surface area contributed by atoms with E-state index < -0.39 is 10.2 Å². The van der Waals surface area contributed by atoms with Crippen LogP contribution in [0.15, 0.2) is 0 Å². The normalized spacial score (nSPS) is 13.6. The monoisotopic (exact) mass is 284 g/mol. The van der Waals surface area contributed by atoms with Crippen LogP contribution in [0.2, 0.25) is 0 Å². The number of hydrogen-bond donors (Lipinski definition) is 1. The van der Waals surface area contributed by atoms with E-state index in [9.17, 15) is 8.42 Å². The molecule has 0 atom stereocenters. The summed E-state index contributed by atoms with van der Waals surface area (Å²) in [5, 5.41) is 0. The first-order chi connectivity index (χ1) is 7.62. The third-order valence-corrected chi connectivity index (χ3v) is 4.78. The molecule has 0 spiro atoms. The van der Waals surface area contributed by atoms with Crippen LogP contribution in [-0.2, 0) is 10.2 Å². The maximum absolute atomic E-state index is 11.9. The molecule has 17 heavy (non-hydrogen) atoms. The highest BCUT2D eigenvalue weighted by Crippen LogP contribution is 2.21. The molecule has 0 unspecified atom stereocenters. The third kappa shape index (κ3) is 6.60. The van der Waals surface area contributed by atoms with Gasteiger partial charge < -0.3 is 0 Å². The van der Waals surface area contributed by atoms with Crippen molar-refractivity contribution in [3.63, 3.8) is 0 Å². The highest BCUT2D eigenvalue weighted by atomic mass is 35.5. The third-order valence-electron chi connectivity index (χ3n) is 2.83. The maximum atomic E-state index is 11.9. The first-order valence-electron chi connectivity index (χ1n) is 5.91. The number of alkyl halides is 1. The minimum Gasteiger partial charge on any atom is -0.202 e. The Bertz CT molecular complexity index is 315. The standard InChI is InChI=1S/C11H25ClN2O2S/c1-10(2)14(5)17(15,16)13-9-11(3,4)7-6-8-12/h10,13H,6-9H2,1-5H3. The predicted molar refractivity (Wildman–Crippen MR) is 73.6 cm³/mol. The lowest BCUT2D eigenvalue weighted by Gasteiger charge is -2.27. The summed E-state index contributed by atoms with van der Waals surface area (Å²) < 4.78 is 27.7. The Morgan fingerprint density at radius 1 is 1.35 bits per heavy atom. The molecule has 0 aromatic heterocycles. The highest BCUT2D eigenvalue weighted by Gasteiger charge is 2.24. The molecule has 0 saturated heterocycles. The van der Waals surface area contributed by atoms with E-state index in [1.54, 1.807) is 7.05 Å². The Labute approximate surface area is 111 Å². The van der Waals surface area contributed by atoms with Gasteiger partial charge in [0.15, 0.2) is 0 Å². The average Bonchev–Trinajstić information content (AvgIpc) is 2.23.